The molecule has 1 aliphatic rings. The number of likely N-dealkylation sites (tertiary alicyclic amines) is 1. The number of hydrogen-bond acceptors (Lipinski definition) is 3. The number of halogens is 1. The van der Waals surface area contributed by atoms with Crippen LogP contribution in [0.4, 0.5) is 0 Å². The third-order valence-corrected chi connectivity index (χ3v) is 3.07. The Morgan fingerprint density at radius 1 is 1.41 bits per heavy atom. The third-order valence-electron chi connectivity index (χ3n) is 2.78. The van der Waals surface area contributed by atoms with Crippen LogP contribution in [0.5, 0.6) is 5.75 Å². The van der Waals surface area contributed by atoms with E-state index in [4.69, 9.17) is 16.3 Å². The Morgan fingerprint density at radius 2 is 2.18 bits per heavy atom. The van der Waals surface area contributed by atoms with Gasteiger partial charge in [-0.05, 0) is 31.4 Å². The highest BCUT2D eigenvalue weighted by Gasteiger charge is 2.17. The number of ether oxygens (including phenoxy) is 1. The fraction of sp³-hybridized carbons (Fsp3) is 0.500. The lowest BCUT2D eigenvalue weighted by molar-refractivity contribution is -0.134. The Labute approximate surface area is 106 Å². The van der Waals surface area contributed by atoms with Crippen molar-refractivity contribution in [2.24, 2.45) is 0 Å². The van der Waals surface area contributed by atoms with Crippen molar-refractivity contribution < 1.29 is 9.53 Å². The second kappa shape index (κ2) is 5.87. The first-order valence-corrected chi connectivity index (χ1v) is 6.16. The molecule has 0 spiro atoms. The summed E-state index contributed by atoms with van der Waals surface area (Å²) < 4.78 is 5.37. The van der Waals surface area contributed by atoms with E-state index in [0.717, 1.165) is 25.9 Å². The molecule has 1 aromatic heterocycles. The van der Waals surface area contributed by atoms with Gasteiger partial charge in [0.05, 0.1) is 0 Å². The zero-order chi connectivity index (χ0) is 12.1. The standard InChI is InChI=1S/C12H15ClN2O2/c13-12-10(5-4-6-14-12)17-9-11(16)15-7-2-1-3-8-15/h4-6H,1-3,7-9H2. The second-order valence-corrected chi connectivity index (χ2v) is 4.38. The molecule has 0 N–H and O–H groups in total. The van der Waals surface area contributed by atoms with Crippen LogP contribution < -0.4 is 4.74 Å². The molecule has 2 heterocycles. The maximum atomic E-state index is 11.8. The van der Waals surface area contributed by atoms with Gasteiger partial charge in [-0.1, -0.05) is 11.6 Å². The molecule has 1 aliphatic heterocycles. The quantitative estimate of drug-likeness (QED) is 0.776. The van der Waals surface area contributed by atoms with Gasteiger partial charge >= 0.3 is 0 Å². The minimum absolute atomic E-state index is 0.0182. The minimum Gasteiger partial charge on any atom is -0.481 e. The number of pyridine rings is 1. The molecule has 0 aliphatic carbocycles. The molecule has 92 valence electrons. The normalized spacial score (nSPS) is 15.7. The molecular formula is C12H15ClN2O2. The molecule has 1 amide bonds. The van der Waals surface area contributed by atoms with Crippen LogP contribution >= 0.6 is 11.6 Å². The average Bonchev–Trinajstić information content (AvgIpc) is 2.38. The van der Waals surface area contributed by atoms with Crippen LogP contribution in [0.2, 0.25) is 5.15 Å². The van der Waals surface area contributed by atoms with Crippen LogP contribution in [-0.4, -0.2) is 35.5 Å². The van der Waals surface area contributed by atoms with Crippen molar-refractivity contribution in [2.45, 2.75) is 19.3 Å². The smallest absolute Gasteiger partial charge is 0.260 e. The highest BCUT2D eigenvalue weighted by atomic mass is 35.5. The number of amides is 1. The van der Waals surface area contributed by atoms with Gasteiger partial charge < -0.3 is 9.64 Å². The van der Waals surface area contributed by atoms with Crippen molar-refractivity contribution in [1.82, 2.24) is 9.88 Å². The second-order valence-electron chi connectivity index (χ2n) is 4.02. The first-order valence-electron chi connectivity index (χ1n) is 5.78. The van der Waals surface area contributed by atoms with E-state index in [-0.39, 0.29) is 12.5 Å². The first kappa shape index (κ1) is 12.2. The van der Waals surface area contributed by atoms with Gasteiger partial charge in [0.1, 0.15) is 0 Å². The fourth-order valence-corrected chi connectivity index (χ4v) is 2.03. The Bertz CT molecular complexity index is 392. The van der Waals surface area contributed by atoms with E-state index < -0.39 is 0 Å². The predicted molar refractivity (Wildman–Crippen MR) is 65.2 cm³/mol. The Hall–Kier alpha value is -1.29. The lowest BCUT2D eigenvalue weighted by atomic mass is 10.1. The number of hydrogen-bond donors (Lipinski definition) is 0. The molecule has 17 heavy (non-hydrogen) atoms. The van der Waals surface area contributed by atoms with Crippen molar-refractivity contribution in [2.75, 3.05) is 19.7 Å². The van der Waals surface area contributed by atoms with Crippen molar-refractivity contribution in [1.29, 1.82) is 0 Å². The number of nitrogens with zero attached hydrogens (tertiary/aromatic N) is 2. The number of aromatic nitrogens is 1. The van der Waals surface area contributed by atoms with Crippen LogP contribution in [-0.2, 0) is 4.79 Å². The van der Waals surface area contributed by atoms with Crippen LogP contribution in [0.25, 0.3) is 0 Å². The van der Waals surface area contributed by atoms with E-state index in [0.29, 0.717) is 10.9 Å². The molecule has 0 atom stereocenters. The number of carbonyl (C=O) groups excluding carboxylic acids is 1. The summed E-state index contributed by atoms with van der Waals surface area (Å²) in [5.41, 5.74) is 0. The molecule has 1 saturated heterocycles. The van der Waals surface area contributed by atoms with Crippen molar-refractivity contribution in [3.05, 3.63) is 23.5 Å². The summed E-state index contributed by atoms with van der Waals surface area (Å²) in [5.74, 6) is 0.476. The number of rotatable bonds is 3. The summed E-state index contributed by atoms with van der Waals surface area (Å²) in [7, 11) is 0. The predicted octanol–water partition coefficient (Wildman–Crippen LogP) is 2.13. The fourth-order valence-electron chi connectivity index (χ4n) is 1.85. The van der Waals surface area contributed by atoms with Gasteiger partial charge in [0.15, 0.2) is 17.5 Å². The molecule has 0 bridgehead atoms. The van der Waals surface area contributed by atoms with Gasteiger partial charge in [-0.3, -0.25) is 4.79 Å². The summed E-state index contributed by atoms with van der Waals surface area (Å²) in [6, 6.07) is 3.44. The molecule has 1 fully saturated rings. The molecule has 1 aromatic rings. The van der Waals surface area contributed by atoms with Gasteiger partial charge in [-0.25, -0.2) is 4.98 Å². The maximum absolute atomic E-state index is 11.8. The molecule has 5 heteroatoms. The van der Waals surface area contributed by atoms with E-state index >= 15 is 0 Å². The SMILES string of the molecule is O=C(COc1cccnc1Cl)N1CCCCC1. The Kier molecular flexibility index (Phi) is 4.20. The van der Waals surface area contributed by atoms with E-state index in [9.17, 15) is 4.79 Å². The van der Waals surface area contributed by atoms with E-state index in [1.54, 1.807) is 18.3 Å². The van der Waals surface area contributed by atoms with Gasteiger partial charge in [0.2, 0.25) is 0 Å². The average molecular weight is 255 g/mol. The zero-order valence-corrected chi connectivity index (χ0v) is 10.3. The van der Waals surface area contributed by atoms with Crippen molar-refractivity contribution >= 4 is 17.5 Å². The molecule has 0 aromatic carbocycles. The largest absolute Gasteiger partial charge is 0.481 e. The molecular weight excluding hydrogens is 240 g/mol. The summed E-state index contributed by atoms with van der Waals surface area (Å²) in [6.07, 6.45) is 4.96. The van der Waals surface area contributed by atoms with Crippen molar-refractivity contribution in [3.63, 3.8) is 0 Å². The molecule has 4 nitrogen and oxygen atoms in total. The van der Waals surface area contributed by atoms with Crippen molar-refractivity contribution in [3.8, 4) is 5.75 Å². The summed E-state index contributed by atoms with van der Waals surface area (Å²) >= 11 is 5.83. The van der Waals surface area contributed by atoms with Crippen LogP contribution in [0.15, 0.2) is 18.3 Å². The van der Waals surface area contributed by atoms with E-state index in [2.05, 4.69) is 4.98 Å². The lowest BCUT2D eigenvalue weighted by Gasteiger charge is -2.26. The highest BCUT2D eigenvalue weighted by Crippen LogP contribution is 2.20. The summed E-state index contributed by atoms with van der Waals surface area (Å²) in [5, 5.41) is 0.291. The van der Waals surface area contributed by atoms with Gasteiger partial charge in [-0.15, -0.1) is 0 Å². The van der Waals surface area contributed by atoms with Gasteiger partial charge in [-0.2, -0.15) is 0 Å². The first-order chi connectivity index (χ1) is 8.27. The highest BCUT2D eigenvalue weighted by molar-refractivity contribution is 6.30. The molecule has 2 rings (SSSR count). The topological polar surface area (TPSA) is 42.4 Å². The molecule has 0 unspecified atom stereocenters. The summed E-state index contributed by atoms with van der Waals surface area (Å²) in [4.78, 5) is 17.5. The Morgan fingerprint density at radius 3 is 2.88 bits per heavy atom. The number of piperidine rings is 1. The monoisotopic (exact) mass is 254 g/mol. The third kappa shape index (κ3) is 3.33. The maximum Gasteiger partial charge on any atom is 0.260 e. The molecule has 0 saturated carbocycles. The summed E-state index contributed by atoms with van der Waals surface area (Å²) in [6.45, 7) is 1.71. The zero-order valence-electron chi connectivity index (χ0n) is 9.56. The lowest BCUT2D eigenvalue weighted by Crippen LogP contribution is -2.38. The number of carbonyl (C=O) groups is 1. The Balaban J connectivity index is 1.85. The van der Waals surface area contributed by atoms with Crippen LogP contribution in [0.1, 0.15) is 19.3 Å². The van der Waals surface area contributed by atoms with E-state index in [1.165, 1.54) is 6.42 Å². The minimum atomic E-state index is 0.0182. The van der Waals surface area contributed by atoms with E-state index in [1.807, 2.05) is 4.90 Å². The van der Waals surface area contributed by atoms with Gasteiger partial charge in [0.25, 0.3) is 5.91 Å². The van der Waals surface area contributed by atoms with Crippen LogP contribution in [0.3, 0.4) is 0 Å². The van der Waals surface area contributed by atoms with Crippen LogP contribution in [0, 0.1) is 0 Å². The molecule has 0 radical (unpaired) electrons. The van der Waals surface area contributed by atoms with Gasteiger partial charge in [0, 0.05) is 19.3 Å².